The van der Waals surface area contributed by atoms with Gasteiger partial charge in [0, 0.05) is 25.7 Å². The van der Waals surface area contributed by atoms with Gasteiger partial charge in [0.25, 0.3) is 11.8 Å². The van der Waals surface area contributed by atoms with Gasteiger partial charge >= 0.3 is 0 Å². The summed E-state index contributed by atoms with van der Waals surface area (Å²) >= 11 is 0. The van der Waals surface area contributed by atoms with Gasteiger partial charge in [0.05, 0.1) is 49.8 Å². The minimum Gasteiger partial charge on any atom is -0.378 e. The Hall–Kier alpha value is -2.80. The minimum absolute atomic E-state index is 0.336. The maximum Gasteiger partial charge on any atom is 0.268 e. The Morgan fingerprint density at radius 3 is 2.85 bits per heavy atom. The lowest BCUT2D eigenvalue weighted by Crippen LogP contribution is -2.43. The van der Waals surface area contributed by atoms with Gasteiger partial charge in [-0.2, -0.15) is 5.26 Å². The van der Waals surface area contributed by atoms with E-state index in [1.54, 1.807) is 12.3 Å². The second-order valence-electron chi connectivity index (χ2n) is 6.40. The average Bonchev–Trinajstić information content (AvgIpc) is 3.01. The fourth-order valence-corrected chi connectivity index (χ4v) is 3.18. The molecule has 1 aromatic rings. The van der Waals surface area contributed by atoms with E-state index >= 15 is 0 Å². The van der Waals surface area contributed by atoms with Crippen LogP contribution in [0.25, 0.3) is 0 Å². The lowest BCUT2D eigenvalue weighted by Gasteiger charge is -2.29. The van der Waals surface area contributed by atoms with Crippen LogP contribution in [0.3, 0.4) is 0 Å². The van der Waals surface area contributed by atoms with Crippen molar-refractivity contribution in [2.24, 2.45) is 0 Å². The summed E-state index contributed by atoms with van der Waals surface area (Å²) in [6, 6.07) is 2.06. The summed E-state index contributed by atoms with van der Waals surface area (Å²) < 4.78 is 32.2. The number of halogens is 2. The van der Waals surface area contributed by atoms with Crippen molar-refractivity contribution in [3.63, 3.8) is 0 Å². The molecule has 144 valence electrons. The third-order valence-corrected chi connectivity index (χ3v) is 4.54. The van der Waals surface area contributed by atoms with Crippen LogP contribution < -0.4 is 10.2 Å². The van der Waals surface area contributed by atoms with Crippen molar-refractivity contribution in [2.45, 2.75) is 18.4 Å². The predicted molar refractivity (Wildman–Crippen MR) is 90.3 cm³/mol. The van der Waals surface area contributed by atoms with E-state index in [0.29, 0.717) is 37.6 Å². The Morgan fingerprint density at radius 1 is 1.41 bits per heavy atom. The fourth-order valence-electron chi connectivity index (χ4n) is 3.18. The number of likely N-dealkylation sites (tertiary alicyclic amines) is 1. The van der Waals surface area contributed by atoms with E-state index in [1.807, 2.05) is 4.90 Å². The van der Waals surface area contributed by atoms with Crippen LogP contribution >= 0.6 is 0 Å². The molecule has 3 rings (SSSR count). The molecular formula is C17H19F2N5O3. The van der Waals surface area contributed by atoms with Crippen LogP contribution in [0.1, 0.15) is 16.8 Å². The molecule has 0 radical (unpaired) electrons. The van der Waals surface area contributed by atoms with E-state index in [0.717, 1.165) is 4.90 Å². The number of alkyl halides is 2. The number of carbonyl (C=O) groups is 2. The first-order valence-corrected chi connectivity index (χ1v) is 8.53. The number of nitrogens with zero attached hydrogens (tertiary/aromatic N) is 4. The van der Waals surface area contributed by atoms with E-state index in [-0.39, 0.29) is 0 Å². The van der Waals surface area contributed by atoms with Gasteiger partial charge in [-0.15, -0.1) is 0 Å². The Kier molecular flexibility index (Phi) is 5.51. The third kappa shape index (κ3) is 4.31. The van der Waals surface area contributed by atoms with E-state index < -0.39 is 43.3 Å². The number of hydrogen-bond acceptors (Lipinski definition) is 6. The molecule has 8 nitrogen and oxygen atoms in total. The number of aromatic nitrogens is 1. The van der Waals surface area contributed by atoms with Crippen molar-refractivity contribution in [3.05, 3.63) is 24.0 Å². The smallest absolute Gasteiger partial charge is 0.268 e. The maximum atomic E-state index is 13.5. The molecule has 2 saturated heterocycles. The first-order chi connectivity index (χ1) is 12.9. The van der Waals surface area contributed by atoms with Crippen LogP contribution in [0.5, 0.6) is 0 Å². The van der Waals surface area contributed by atoms with Crippen LogP contribution in [0.4, 0.5) is 14.5 Å². The molecule has 2 aliphatic heterocycles. The highest BCUT2D eigenvalue weighted by atomic mass is 19.3. The van der Waals surface area contributed by atoms with E-state index in [2.05, 4.69) is 10.3 Å². The van der Waals surface area contributed by atoms with Gasteiger partial charge in [-0.05, 0) is 6.07 Å². The van der Waals surface area contributed by atoms with Crippen molar-refractivity contribution in [3.8, 4) is 6.07 Å². The summed E-state index contributed by atoms with van der Waals surface area (Å²) in [7, 11) is 0. The number of morpholine rings is 1. The van der Waals surface area contributed by atoms with Crippen molar-refractivity contribution >= 4 is 17.5 Å². The Labute approximate surface area is 154 Å². The molecule has 0 unspecified atom stereocenters. The number of nitrogens with one attached hydrogen (secondary N) is 1. The summed E-state index contributed by atoms with van der Waals surface area (Å²) in [5.74, 6) is -4.31. The van der Waals surface area contributed by atoms with Gasteiger partial charge in [-0.25, -0.2) is 8.78 Å². The first-order valence-electron chi connectivity index (χ1n) is 8.53. The van der Waals surface area contributed by atoms with Crippen molar-refractivity contribution in [1.82, 2.24) is 15.2 Å². The summed E-state index contributed by atoms with van der Waals surface area (Å²) in [5, 5.41) is 11.4. The van der Waals surface area contributed by atoms with Crippen LogP contribution in [-0.4, -0.2) is 73.1 Å². The van der Waals surface area contributed by atoms with Gasteiger partial charge in [-0.3, -0.25) is 14.6 Å². The highest BCUT2D eigenvalue weighted by molar-refractivity contribution is 6.01. The highest BCUT2D eigenvalue weighted by Gasteiger charge is 2.47. The second-order valence-corrected chi connectivity index (χ2v) is 6.40. The number of hydrogen-bond donors (Lipinski definition) is 1. The number of ether oxygens (including phenoxy) is 1. The van der Waals surface area contributed by atoms with E-state index in [9.17, 15) is 18.4 Å². The van der Waals surface area contributed by atoms with E-state index in [1.165, 1.54) is 12.3 Å². The molecule has 2 fully saturated rings. The zero-order valence-corrected chi connectivity index (χ0v) is 14.5. The van der Waals surface area contributed by atoms with E-state index in [4.69, 9.17) is 10.00 Å². The number of nitriles is 1. The van der Waals surface area contributed by atoms with Crippen molar-refractivity contribution in [2.75, 3.05) is 44.3 Å². The average molecular weight is 379 g/mol. The number of carbonyl (C=O) groups excluding carboxylic acids is 2. The lowest BCUT2D eigenvalue weighted by atomic mass is 10.2. The Balaban J connectivity index is 1.65. The monoisotopic (exact) mass is 379 g/mol. The zero-order chi connectivity index (χ0) is 19.4. The quantitative estimate of drug-likeness (QED) is 0.814. The van der Waals surface area contributed by atoms with Gasteiger partial charge in [0.1, 0.15) is 6.04 Å². The molecule has 1 atom stereocenters. The first kappa shape index (κ1) is 19.0. The fraction of sp³-hybridized carbons (Fsp3) is 0.529. The van der Waals surface area contributed by atoms with Gasteiger partial charge in [0.15, 0.2) is 0 Å². The number of rotatable bonds is 4. The minimum atomic E-state index is -3.09. The number of pyridine rings is 1. The normalized spacial score (nSPS) is 21.6. The molecule has 10 heteroatoms. The molecule has 0 aromatic carbocycles. The zero-order valence-electron chi connectivity index (χ0n) is 14.5. The van der Waals surface area contributed by atoms with Gasteiger partial charge in [0.2, 0.25) is 5.91 Å². The van der Waals surface area contributed by atoms with Crippen molar-refractivity contribution in [1.29, 1.82) is 5.26 Å². The molecule has 0 spiro atoms. The number of amides is 2. The summed E-state index contributed by atoms with van der Waals surface area (Å²) in [6.07, 6.45) is 2.34. The molecule has 1 aromatic heterocycles. The topological polar surface area (TPSA) is 98.6 Å². The Bertz CT molecular complexity index is 761. The lowest BCUT2D eigenvalue weighted by molar-refractivity contribution is -0.131. The molecular weight excluding hydrogens is 360 g/mol. The van der Waals surface area contributed by atoms with Crippen molar-refractivity contribution < 1.29 is 23.1 Å². The molecule has 27 heavy (non-hydrogen) atoms. The van der Waals surface area contributed by atoms with Crippen LogP contribution in [0.15, 0.2) is 18.5 Å². The van der Waals surface area contributed by atoms with Crippen LogP contribution in [0, 0.1) is 11.3 Å². The molecule has 0 bridgehead atoms. The second kappa shape index (κ2) is 7.84. The molecule has 3 heterocycles. The van der Waals surface area contributed by atoms with Crippen LogP contribution in [-0.2, 0) is 9.53 Å². The summed E-state index contributed by atoms with van der Waals surface area (Å²) in [5.41, 5.74) is 0.955. The molecule has 1 N–H and O–H groups in total. The molecule has 0 aliphatic carbocycles. The molecule has 0 saturated carbocycles. The predicted octanol–water partition coefficient (Wildman–Crippen LogP) is 0.408. The SMILES string of the molecule is N#C[C@@H]1CC(F)(F)CN1C(=O)CNC(=O)c1ccncc1N1CCOCC1. The maximum absolute atomic E-state index is 13.5. The van der Waals surface area contributed by atoms with Crippen LogP contribution in [0.2, 0.25) is 0 Å². The van der Waals surface area contributed by atoms with Gasteiger partial charge < -0.3 is 19.9 Å². The third-order valence-electron chi connectivity index (χ3n) is 4.54. The van der Waals surface area contributed by atoms with Gasteiger partial charge in [-0.1, -0.05) is 0 Å². The summed E-state index contributed by atoms with van der Waals surface area (Å²) in [6.45, 7) is 1.02. The largest absolute Gasteiger partial charge is 0.378 e. The highest BCUT2D eigenvalue weighted by Crippen LogP contribution is 2.31. The standard InChI is InChI=1S/C17H19F2N5O3/c18-17(19)7-12(8-20)24(11-17)15(25)10-22-16(26)13-1-2-21-9-14(13)23-3-5-27-6-4-23/h1-2,9,12H,3-7,10-11H2,(H,22,26)/t12-/m0/s1. The molecule has 2 amide bonds. The molecule has 2 aliphatic rings. The number of anilines is 1. The summed E-state index contributed by atoms with van der Waals surface area (Å²) in [4.78, 5) is 31.6. The Morgan fingerprint density at radius 2 is 2.15 bits per heavy atom.